The summed E-state index contributed by atoms with van der Waals surface area (Å²) in [5, 5.41) is 14.7. The van der Waals surface area contributed by atoms with E-state index in [0.29, 0.717) is 28.9 Å². The van der Waals surface area contributed by atoms with Gasteiger partial charge < -0.3 is 14.8 Å². The lowest BCUT2D eigenvalue weighted by Crippen LogP contribution is -2.43. The number of nitrogens with one attached hydrogen (secondary N) is 1. The van der Waals surface area contributed by atoms with Crippen molar-refractivity contribution in [3.05, 3.63) is 62.0 Å². The van der Waals surface area contributed by atoms with E-state index in [1.54, 1.807) is 39.8 Å². The molecule has 9 heteroatoms. The van der Waals surface area contributed by atoms with Crippen molar-refractivity contribution < 1.29 is 28.8 Å². The van der Waals surface area contributed by atoms with Gasteiger partial charge in [0.2, 0.25) is 0 Å². The molecule has 3 atom stereocenters. The molecule has 1 heterocycles. The molecule has 0 aromatic heterocycles. The Balaban J connectivity index is 2.25. The number of nitrogens with zero attached hydrogens (tertiary/aromatic N) is 1. The summed E-state index contributed by atoms with van der Waals surface area (Å²) in [5.41, 5.74) is 2.28. The van der Waals surface area contributed by atoms with E-state index in [1.165, 1.54) is 13.2 Å². The number of dihydropyridines is 1. The molecule has 0 unspecified atom stereocenters. The third kappa shape index (κ3) is 3.90. The number of carbonyl (C=O) groups is 3. The zero-order valence-electron chi connectivity index (χ0n) is 18.7. The van der Waals surface area contributed by atoms with E-state index in [9.17, 15) is 24.5 Å². The first-order chi connectivity index (χ1) is 15.1. The third-order valence-corrected chi connectivity index (χ3v) is 6.00. The van der Waals surface area contributed by atoms with Gasteiger partial charge in [-0.05, 0) is 38.7 Å². The molecule has 32 heavy (non-hydrogen) atoms. The van der Waals surface area contributed by atoms with Gasteiger partial charge in [0, 0.05) is 34.5 Å². The number of nitro groups is 1. The summed E-state index contributed by atoms with van der Waals surface area (Å²) in [6.45, 7) is 6.89. The predicted molar refractivity (Wildman–Crippen MR) is 114 cm³/mol. The fraction of sp³-hybridized carbons (Fsp3) is 0.435. The van der Waals surface area contributed by atoms with Crippen LogP contribution in [0.25, 0.3) is 0 Å². The van der Waals surface area contributed by atoms with Gasteiger partial charge >= 0.3 is 11.9 Å². The van der Waals surface area contributed by atoms with Gasteiger partial charge in [-0.3, -0.25) is 19.7 Å². The highest BCUT2D eigenvalue weighted by Gasteiger charge is 2.47. The maximum Gasteiger partial charge on any atom is 0.336 e. The lowest BCUT2D eigenvalue weighted by atomic mass is 9.69. The van der Waals surface area contributed by atoms with Crippen LogP contribution in [0.3, 0.4) is 0 Å². The molecule has 0 bridgehead atoms. The van der Waals surface area contributed by atoms with Crippen LogP contribution < -0.4 is 5.32 Å². The topological polar surface area (TPSA) is 125 Å². The Morgan fingerprint density at radius 3 is 2.56 bits per heavy atom. The number of benzene rings is 1. The quantitative estimate of drug-likeness (QED) is 0.319. The second-order valence-electron chi connectivity index (χ2n) is 8.06. The smallest absolute Gasteiger partial charge is 0.336 e. The highest BCUT2D eigenvalue weighted by Crippen LogP contribution is 2.46. The fourth-order valence-corrected chi connectivity index (χ4v) is 4.50. The predicted octanol–water partition coefficient (Wildman–Crippen LogP) is 3.08. The van der Waals surface area contributed by atoms with Gasteiger partial charge in [-0.25, -0.2) is 4.79 Å². The lowest BCUT2D eigenvalue weighted by molar-refractivity contribution is -0.385. The number of aryl methyl sites for hydroxylation is 1. The average molecular weight is 442 g/mol. The number of nitro benzene ring substituents is 1. The Bertz CT molecular complexity index is 1070. The summed E-state index contributed by atoms with van der Waals surface area (Å²) in [6, 6.07) is 4.62. The van der Waals surface area contributed by atoms with Gasteiger partial charge in [0.1, 0.15) is 5.92 Å². The Morgan fingerprint density at radius 1 is 1.28 bits per heavy atom. The minimum absolute atomic E-state index is 0.120. The van der Waals surface area contributed by atoms with E-state index in [0.717, 1.165) is 0 Å². The second kappa shape index (κ2) is 8.94. The van der Waals surface area contributed by atoms with Crippen LogP contribution in [0.5, 0.6) is 0 Å². The number of methoxy groups -OCH3 is 1. The Hall–Kier alpha value is -3.49. The molecule has 0 spiro atoms. The summed E-state index contributed by atoms with van der Waals surface area (Å²) in [7, 11) is 1.22. The summed E-state index contributed by atoms with van der Waals surface area (Å²) >= 11 is 0. The molecular formula is C23H26N2O7. The first-order valence-electron chi connectivity index (χ1n) is 10.4. The molecule has 170 valence electrons. The number of ketones is 1. The van der Waals surface area contributed by atoms with Gasteiger partial charge in [-0.1, -0.05) is 19.1 Å². The number of carbonyl (C=O) groups excluding carboxylic acids is 3. The zero-order chi connectivity index (χ0) is 23.7. The van der Waals surface area contributed by atoms with Crippen LogP contribution in [0.4, 0.5) is 5.69 Å². The summed E-state index contributed by atoms with van der Waals surface area (Å²) in [5.74, 6) is -3.97. The van der Waals surface area contributed by atoms with Crippen molar-refractivity contribution in [2.75, 3.05) is 13.7 Å². The standard InChI is InChI=1S/C23H26N2O7/c1-6-32-23(28)18-13(4)24-15-9-12(3)17(22(27)31-5)21(26)20(15)19(18)14-8-7-11(2)16(10-14)25(29)30/h7-8,10,12,17,19,24H,6,9H2,1-5H3/t12-,17-,19-/m1/s1. The largest absolute Gasteiger partial charge is 0.468 e. The summed E-state index contributed by atoms with van der Waals surface area (Å²) in [4.78, 5) is 49.9. The highest BCUT2D eigenvalue weighted by molar-refractivity contribution is 6.12. The van der Waals surface area contributed by atoms with Gasteiger partial charge in [-0.15, -0.1) is 0 Å². The average Bonchev–Trinajstić information content (AvgIpc) is 2.72. The number of ether oxygens (including phenoxy) is 2. The minimum Gasteiger partial charge on any atom is -0.468 e. The van der Waals surface area contributed by atoms with Crippen LogP contribution in [0.2, 0.25) is 0 Å². The van der Waals surface area contributed by atoms with E-state index in [2.05, 4.69) is 5.32 Å². The number of rotatable bonds is 5. The molecule has 1 aliphatic heterocycles. The van der Waals surface area contributed by atoms with Gasteiger partial charge in [0.15, 0.2) is 5.78 Å². The molecular weight excluding hydrogens is 416 g/mol. The molecule has 0 amide bonds. The Morgan fingerprint density at radius 2 is 1.97 bits per heavy atom. The highest BCUT2D eigenvalue weighted by atomic mass is 16.6. The van der Waals surface area contributed by atoms with E-state index < -0.39 is 34.5 Å². The molecule has 3 rings (SSSR count). The van der Waals surface area contributed by atoms with Gasteiger partial charge in [0.05, 0.1) is 24.2 Å². The number of esters is 2. The van der Waals surface area contributed by atoms with Crippen molar-refractivity contribution >= 4 is 23.4 Å². The molecule has 0 radical (unpaired) electrons. The molecule has 9 nitrogen and oxygen atoms in total. The number of Topliss-reactive ketones (excluding diaryl/α,β-unsaturated/α-hetero) is 1. The molecule has 1 N–H and O–H groups in total. The number of allylic oxidation sites excluding steroid dienone is 3. The first kappa shape index (κ1) is 23.2. The molecule has 0 fully saturated rings. The molecule has 0 saturated heterocycles. The van der Waals surface area contributed by atoms with E-state index in [4.69, 9.17) is 9.47 Å². The van der Waals surface area contributed by atoms with Crippen LogP contribution in [0.15, 0.2) is 40.7 Å². The number of hydrogen-bond acceptors (Lipinski definition) is 8. The minimum atomic E-state index is -1.02. The van der Waals surface area contributed by atoms with Crippen molar-refractivity contribution in [2.45, 2.75) is 40.0 Å². The van der Waals surface area contributed by atoms with Crippen molar-refractivity contribution in [1.82, 2.24) is 5.32 Å². The van der Waals surface area contributed by atoms with Gasteiger partial charge in [-0.2, -0.15) is 0 Å². The lowest BCUT2D eigenvalue weighted by Gasteiger charge is -2.38. The van der Waals surface area contributed by atoms with Crippen LogP contribution in [-0.4, -0.2) is 36.4 Å². The van der Waals surface area contributed by atoms with Crippen molar-refractivity contribution in [3.8, 4) is 0 Å². The van der Waals surface area contributed by atoms with Crippen LogP contribution in [0, 0.1) is 28.9 Å². The van der Waals surface area contributed by atoms with E-state index in [-0.39, 0.29) is 29.4 Å². The van der Waals surface area contributed by atoms with Crippen molar-refractivity contribution in [2.24, 2.45) is 11.8 Å². The van der Waals surface area contributed by atoms with E-state index in [1.807, 2.05) is 0 Å². The molecule has 2 aliphatic rings. The van der Waals surface area contributed by atoms with Crippen molar-refractivity contribution in [1.29, 1.82) is 0 Å². The summed E-state index contributed by atoms with van der Waals surface area (Å²) < 4.78 is 10.1. The van der Waals surface area contributed by atoms with Crippen LogP contribution in [-0.2, 0) is 23.9 Å². The second-order valence-corrected chi connectivity index (χ2v) is 8.06. The maximum atomic E-state index is 13.6. The van der Waals surface area contributed by atoms with Crippen molar-refractivity contribution in [3.63, 3.8) is 0 Å². The Labute approximate surface area is 185 Å². The third-order valence-electron chi connectivity index (χ3n) is 6.00. The summed E-state index contributed by atoms with van der Waals surface area (Å²) in [6.07, 6.45) is 0.388. The monoisotopic (exact) mass is 442 g/mol. The Kier molecular flexibility index (Phi) is 6.47. The zero-order valence-corrected chi connectivity index (χ0v) is 18.7. The molecule has 1 aliphatic carbocycles. The van der Waals surface area contributed by atoms with Crippen LogP contribution in [0.1, 0.15) is 44.2 Å². The molecule has 1 aromatic carbocycles. The first-order valence-corrected chi connectivity index (χ1v) is 10.4. The fourth-order valence-electron chi connectivity index (χ4n) is 4.50. The van der Waals surface area contributed by atoms with E-state index >= 15 is 0 Å². The normalized spacial score (nSPS) is 22.8. The number of hydrogen-bond donors (Lipinski definition) is 1. The molecule has 0 saturated carbocycles. The van der Waals surface area contributed by atoms with Gasteiger partial charge in [0.25, 0.3) is 5.69 Å². The molecule has 1 aromatic rings. The maximum absolute atomic E-state index is 13.6. The van der Waals surface area contributed by atoms with Crippen LogP contribution >= 0.6 is 0 Å². The SMILES string of the molecule is CCOC(=O)C1=C(C)NC2=C(C(=O)[C@H](C(=O)OC)[C@H](C)C2)[C@@H]1c1ccc(C)c([N+](=O)[O-])c1.